The molecule has 12 heteroatoms. The molecule has 0 aliphatic rings. The van der Waals surface area contributed by atoms with Crippen molar-refractivity contribution in [1.29, 1.82) is 0 Å². The zero-order valence-corrected chi connectivity index (χ0v) is 28.6. The van der Waals surface area contributed by atoms with Crippen LogP contribution in [0.15, 0.2) is 84.2 Å². The molecule has 48 heavy (non-hydrogen) atoms. The van der Waals surface area contributed by atoms with E-state index in [2.05, 4.69) is 38.9 Å². The fourth-order valence-electron chi connectivity index (χ4n) is 5.46. The maximum absolute atomic E-state index is 13.9. The number of amides is 4. The number of phenols is 1. The Kier molecular flexibility index (Phi) is 13.3. The van der Waals surface area contributed by atoms with Gasteiger partial charge in [0.1, 0.15) is 11.8 Å². The van der Waals surface area contributed by atoms with Gasteiger partial charge in [0.15, 0.2) is 5.79 Å². The van der Waals surface area contributed by atoms with Crippen LogP contribution in [0.3, 0.4) is 0 Å². The number of benzene rings is 3. The van der Waals surface area contributed by atoms with Gasteiger partial charge in [0, 0.05) is 44.3 Å². The number of hydrazine groups is 1. The molecule has 0 fully saturated rings. The highest BCUT2D eigenvalue weighted by molar-refractivity contribution is 7.17. The van der Waals surface area contributed by atoms with Crippen LogP contribution in [0.25, 0.3) is 10.1 Å². The Labute approximate surface area is 285 Å². The number of hydrogen-bond donors (Lipinski definition) is 5. The Morgan fingerprint density at radius 2 is 1.56 bits per heavy atom. The summed E-state index contributed by atoms with van der Waals surface area (Å²) in [7, 11) is 1.56. The first-order valence-electron chi connectivity index (χ1n) is 16.0. The topological polar surface area (TPSA) is 141 Å². The summed E-state index contributed by atoms with van der Waals surface area (Å²) in [6.45, 7) is 6.43. The first-order chi connectivity index (χ1) is 23.1. The van der Waals surface area contributed by atoms with Gasteiger partial charge in [-0.25, -0.2) is 9.80 Å². The highest BCUT2D eigenvalue weighted by Crippen LogP contribution is 2.32. The predicted molar refractivity (Wildman–Crippen MR) is 187 cm³/mol. The van der Waals surface area contributed by atoms with Gasteiger partial charge in [-0.1, -0.05) is 60.7 Å². The zero-order valence-electron chi connectivity index (χ0n) is 27.8. The average molecular weight is 676 g/mol. The van der Waals surface area contributed by atoms with Crippen molar-refractivity contribution < 1.29 is 29.0 Å². The summed E-state index contributed by atoms with van der Waals surface area (Å²) in [5, 5.41) is 23.0. The van der Waals surface area contributed by atoms with Crippen LogP contribution >= 0.6 is 11.3 Å². The van der Waals surface area contributed by atoms with E-state index in [-0.39, 0.29) is 18.7 Å². The van der Waals surface area contributed by atoms with E-state index in [1.807, 2.05) is 63.2 Å². The Balaban J connectivity index is 1.46. The number of thiophene rings is 1. The van der Waals surface area contributed by atoms with Crippen LogP contribution in [0, 0.1) is 0 Å². The predicted octanol–water partition coefficient (Wildman–Crippen LogP) is 4.50. The molecule has 4 aromatic rings. The highest BCUT2D eigenvalue weighted by Gasteiger charge is 2.41. The van der Waals surface area contributed by atoms with E-state index < -0.39 is 35.7 Å². The van der Waals surface area contributed by atoms with Crippen LogP contribution in [-0.4, -0.2) is 72.6 Å². The molecule has 0 spiro atoms. The summed E-state index contributed by atoms with van der Waals surface area (Å²) >= 11 is 1.64. The maximum atomic E-state index is 13.9. The standard InChI is InChI=1S/C36H45N5O6S/c1-5-46-36(47-6-2,21-28-24-48-32-15-11-10-14-30(28)32)25(3)38-34(44)31(20-26-16-18-29(42)19-17-26)39-33(43)23-41(4)40-35(45)37-22-27-12-8-7-9-13-27/h7-19,24-25,31,42H,5-6,20-23H2,1-4H3,(H,38,44)(H,39,43)(H2,37,40,45)/t25-,31-/m0/s1. The largest absolute Gasteiger partial charge is 0.508 e. The van der Waals surface area contributed by atoms with Gasteiger partial charge in [-0.05, 0) is 66.4 Å². The number of hydrogen-bond acceptors (Lipinski definition) is 8. The number of phenolic OH excluding ortho intramolecular Hbond substituents is 1. The molecule has 0 saturated carbocycles. The van der Waals surface area contributed by atoms with E-state index in [1.165, 1.54) is 17.1 Å². The summed E-state index contributed by atoms with van der Waals surface area (Å²) in [5.41, 5.74) is 5.34. The van der Waals surface area contributed by atoms with Crippen LogP contribution in [0.4, 0.5) is 4.79 Å². The molecule has 1 heterocycles. The Bertz CT molecular complexity index is 1620. The number of fused-ring (bicyclic) bond motifs is 1. The van der Waals surface area contributed by atoms with E-state index in [9.17, 15) is 19.5 Å². The number of carbonyl (C=O) groups is 3. The Morgan fingerprint density at radius 1 is 0.896 bits per heavy atom. The van der Waals surface area contributed by atoms with Crippen molar-refractivity contribution in [1.82, 2.24) is 26.4 Å². The van der Waals surface area contributed by atoms with Crippen molar-refractivity contribution in [3.63, 3.8) is 0 Å². The van der Waals surface area contributed by atoms with Gasteiger partial charge in [-0.3, -0.25) is 15.0 Å². The lowest BCUT2D eigenvalue weighted by Crippen LogP contribution is -2.60. The molecule has 4 amide bonds. The van der Waals surface area contributed by atoms with Crippen LogP contribution < -0.4 is 21.4 Å². The molecule has 11 nitrogen and oxygen atoms in total. The Morgan fingerprint density at radius 3 is 2.25 bits per heavy atom. The lowest BCUT2D eigenvalue weighted by Gasteiger charge is -2.39. The molecule has 2 atom stereocenters. The lowest BCUT2D eigenvalue weighted by molar-refractivity contribution is -0.246. The van der Waals surface area contributed by atoms with E-state index in [0.29, 0.717) is 26.2 Å². The summed E-state index contributed by atoms with van der Waals surface area (Å²) in [6, 6.07) is 22.0. The monoisotopic (exact) mass is 675 g/mol. The third kappa shape index (κ3) is 10.3. The van der Waals surface area contributed by atoms with E-state index >= 15 is 0 Å². The van der Waals surface area contributed by atoms with Crippen LogP contribution in [0.2, 0.25) is 0 Å². The SMILES string of the molecule is CCOC(Cc1csc2ccccc12)(OCC)[C@H](C)NC(=O)[C@H](Cc1ccc(O)cc1)NC(=O)CN(C)NC(=O)NCc1ccccc1. The fourth-order valence-corrected chi connectivity index (χ4v) is 6.42. The number of aromatic hydroxyl groups is 1. The smallest absolute Gasteiger partial charge is 0.329 e. The molecule has 4 rings (SSSR count). The number of likely N-dealkylation sites (N-methyl/N-ethyl adjacent to an activating group) is 1. The number of urea groups is 1. The molecule has 3 aromatic carbocycles. The first-order valence-corrected chi connectivity index (χ1v) is 16.9. The quantitative estimate of drug-likeness (QED) is 0.0820. The van der Waals surface area contributed by atoms with E-state index in [4.69, 9.17) is 9.47 Å². The van der Waals surface area contributed by atoms with Crippen LogP contribution in [0.1, 0.15) is 37.5 Å². The molecule has 0 bridgehead atoms. The molecule has 1 aromatic heterocycles. The molecular formula is C36H45N5O6S. The third-order valence-electron chi connectivity index (χ3n) is 7.79. The molecule has 0 unspecified atom stereocenters. The summed E-state index contributed by atoms with van der Waals surface area (Å²) in [4.78, 5) is 39.6. The second kappa shape index (κ2) is 17.6. The summed E-state index contributed by atoms with van der Waals surface area (Å²) < 4.78 is 13.7. The van der Waals surface area contributed by atoms with Gasteiger partial charge >= 0.3 is 6.03 Å². The van der Waals surface area contributed by atoms with Crippen LogP contribution in [0.5, 0.6) is 5.75 Å². The second-order valence-electron chi connectivity index (χ2n) is 11.5. The van der Waals surface area contributed by atoms with Crippen molar-refractivity contribution >= 4 is 39.3 Å². The van der Waals surface area contributed by atoms with Crippen molar-refractivity contribution in [2.75, 3.05) is 26.8 Å². The molecule has 0 saturated heterocycles. The number of carbonyl (C=O) groups excluding carboxylic acids is 3. The third-order valence-corrected chi connectivity index (χ3v) is 8.80. The molecule has 0 aliphatic heterocycles. The summed E-state index contributed by atoms with van der Waals surface area (Å²) in [5.74, 6) is -1.99. The number of nitrogens with one attached hydrogen (secondary N) is 4. The molecule has 5 N–H and O–H groups in total. The van der Waals surface area contributed by atoms with Gasteiger partial charge in [0.25, 0.3) is 0 Å². The van der Waals surface area contributed by atoms with Gasteiger partial charge in [0.05, 0.1) is 12.6 Å². The Hall–Kier alpha value is -4.49. The minimum atomic E-state index is -1.17. The summed E-state index contributed by atoms with van der Waals surface area (Å²) in [6.07, 6.45) is 0.558. The van der Waals surface area contributed by atoms with E-state index in [0.717, 1.165) is 26.8 Å². The number of rotatable bonds is 17. The van der Waals surface area contributed by atoms with Crippen molar-refractivity contribution in [3.05, 3.63) is 101 Å². The van der Waals surface area contributed by atoms with Gasteiger partial charge in [0.2, 0.25) is 11.8 Å². The first kappa shape index (κ1) is 36.3. The average Bonchev–Trinajstić information content (AvgIpc) is 3.47. The van der Waals surface area contributed by atoms with Gasteiger partial charge < -0.3 is 30.5 Å². The maximum Gasteiger partial charge on any atom is 0.329 e. The van der Waals surface area contributed by atoms with Gasteiger partial charge in [-0.15, -0.1) is 11.3 Å². The molecular weight excluding hydrogens is 630 g/mol. The zero-order chi connectivity index (χ0) is 34.5. The normalized spacial score (nSPS) is 12.8. The molecule has 256 valence electrons. The lowest BCUT2D eigenvalue weighted by atomic mass is 9.97. The minimum Gasteiger partial charge on any atom is -0.508 e. The number of ether oxygens (including phenoxy) is 2. The molecule has 0 radical (unpaired) electrons. The minimum absolute atomic E-state index is 0.0924. The van der Waals surface area contributed by atoms with Crippen LogP contribution in [-0.2, 0) is 38.4 Å². The highest BCUT2D eigenvalue weighted by atomic mass is 32.1. The second-order valence-corrected chi connectivity index (χ2v) is 12.4. The van der Waals surface area contributed by atoms with Gasteiger partial charge in [-0.2, -0.15) is 0 Å². The van der Waals surface area contributed by atoms with E-state index in [1.54, 1.807) is 30.5 Å². The number of nitrogens with zero attached hydrogens (tertiary/aromatic N) is 1. The molecule has 0 aliphatic carbocycles. The van der Waals surface area contributed by atoms with Crippen molar-refractivity contribution in [2.24, 2.45) is 0 Å². The van der Waals surface area contributed by atoms with Crippen molar-refractivity contribution in [3.8, 4) is 5.75 Å². The fraction of sp³-hybridized carbons (Fsp3) is 0.361. The van der Waals surface area contributed by atoms with Crippen molar-refractivity contribution in [2.45, 2.75) is 58.0 Å².